The number of carbonyl (C=O) groups excluding carboxylic acids is 1. The standard InChI is InChI=1S/C13H22N2O2S/c1-5-17-13(16)11-8-14-15(4)12(11)9-18-7-6-10(2)3/h8,10H,5-7,9H2,1-4H3. The molecule has 0 fully saturated rings. The van der Waals surface area contributed by atoms with Crippen LogP contribution in [0.15, 0.2) is 6.20 Å². The summed E-state index contributed by atoms with van der Waals surface area (Å²) in [5, 5.41) is 4.14. The summed E-state index contributed by atoms with van der Waals surface area (Å²) >= 11 is 1.83. The minimum atomic E-state index is -0.273. The summed E-state index contributed by atoms with van der Waals surface area (Å²) in [6.45, 7) is 6.64. The van der Waals surface area contributed by atoms with Gasteiger partial charge in [-0.2, -0.15) is 16.9 Å². The van der Waals surface area contributed by atoms with Crippen molar-refractivity contribution in [2.75, 3.05) is 12.4 Å². The molecule has 4 nitrogen and oxygen atoms in total. The first-order valence-corrected chi connectivity index (χ1v) is 7.47. The van der Waals surface area contributed by atoms with Crippen LogP contribution >= 0.6 is 11.8 Å². The zero-order valence-electron chi connectivity index (χ0n) is 11.6. The highest BCUT2D eigenvalue weighted by atomic mass is 32.2. The van der Waals surface area contributed by atoms with E-state index in [1.807, 2.05) is 25.7 Å². The van der Waals surface area contributed by atoms with Crippen molar-refractivity contribution in [2.24, 2.45) is 13.0 Å². The van der Waals surface area contributed by atoms with E-state index in [1.165, 1.54) is 6.42 Å². The normalized spacial score (nSPS) is 10.9. The minimum Gasteiger partial charge on any atom is -0.462 e. The van der Waals surface area contributed by atoms with Gasteiger partial charge in [0.15, 0.2) is 0 Å². The molecule has 1 aromatic heterocycles. The van der Waals surface area contributed by atoms with Crippen molar-refractivity contribution < 1.29 is 9.53 Å². The first-order chi connectivity index (χ1) is 8.56. The van der Waals surface area contributed by atoms with Crippen LogP contribution in [0.25, 0.3) is 0 Å². The quantitative estimate of drug-likeness (QED) is 0.564. The van der Waals surface area contributed by atoms with E-state index in [9.17, 15) is 4.79 Å². The Hall–Kier alpha value is -0.970. The van der Waals surface area contributed by atoms with Crippen molar-refractivity contribution in [3.05, 3.63) is 17.5 Å². The number of aryl methyl sites for hydroxylation is 1. The molecule has 0 N–H and O–H groups in total. The van der Waals surface area contributed by atoms with E-state index in [0.29, 0.717) is 18.1 Å². The first-order valence-electron chi connectivity index (χ1n) is 6.32. The molecule has 0 atom stereocenters. The van der Waals surface area contributed by atoms with Crippen molar-refractivity contribution in [3.63, 3.8) is 0 Å². The Bertz CT molecular complexity index is 388. The van der Waals surface area contributed by atoms with E-state index in [-0.39, 0.29) is 5.97 Å². The Balaban J connectivity index is 2.58. The Morgan fingerprint density at radius 3 is 2.89 bits per heavy atom. The second-order valence-electron chi connectivity index (χ2n) is 4.58. The summed E-state index contributed by atoms with van der Waals surface area (Å²) in [6.07, 6.45) is 2.79. The highest BCUT2D eigenvalue weighted by Gasteiger charge is 2.16. The van der Waals surface area contributed by atoms with E-state index in [0.717, 1.165) is 17.2 Å². The molecule has 18 heavy (non-hydrogen) atoms. The van der Waals surface area contributed by atoms with Crippen LogP contribution in [0.4, 0.5) is 0 Å². The van der Waals surface area contributed by atoms with Gasteiger partial charge in [0.1, 0.15) is 5.56 Å². The summed E-state index contributed by atoms with van der Waals surface area (Å²) in [7, 11) is 1.86. The molecule has 0 aliphatic rings. The molecule has 0 radical (unpaired) electrons. The zero-order chi connectivity index (χ0) is 13.5. The molecule has 5 heteroatoms. The van der Waals surface area contributed by atoms with Gasteiger partial charge < -0.3 is 4.74 Å². The molecule has 0 bridgehead atoms. The molecule has 0 unspecified atom stereocenters. The third-order valence-electron chi connectivity index (χ3n) is 2.64. The third-order valence-corrected chi connectivity index (χ3v) is 3.64. The van der Waals surface area contributed by atoms with Crippen LogP contribution in [0, 0.1) is 5.92 Å². The van der Waals surface area contributed by atoms with E-state index in [4.69, 9.17) is 4.74 Å². The largest absolute Gasteiger partial charge is 0.462 e. The molecule has 0 saturated heterocycles. The second-order valence-corrected chi connectivity index (χ2v) is 5.69. The molecular formula is C13H22N2O2S. The highest BCUT2D eigenvalue weighted by Crippen LogP contribution is 2.18. The number of hydrogen-bond donors (Lipinski definition) is 0. The van der Waals surface area contributed by atoms with Crippen molar-refractivity contribution in [1.82, 2.24) is 9.78 Å². The molecular weight excluding hydrogens is 248 g/mol. The maximum atomic E-state index is 11.7. The number of aromatic nitrogens is 2. The van der Waals surface area contributed by atoms with Gasteiger partial charge in [-0.1, -0.05) is 13.8 Å². The number of ether oxygens (including phenoxy) is 1. The van der Waals surface area contributed by atoms with Crippen LogP contribution in [0.3, 0.4) is 0 Å². The molecule has 0 spiro atoms. The lowest BCUT2D eigenvalue weighted by Gasteiger charge is -2.07. The van der Waals surface area contributed by atoms with Gasteiger partial charge in [-0.3, -0.25) is 4.68 Å². The molecule has 1 aromatic rings. The number of hydrogen-bond acceptors (Lipinski definition) is 4. The SMILES string of the molecule is CCOC(=O)c1cnn(C)c1CSCCC(C)C. The van der Waals surface area contributed by atoms with Crippen molar-refractivity contribution in [2.45, 2.75) is 32.9 Å². The molecule has 1 heterocycles. The van der Waals surface area contributed by atoms with Crippen molar-refractivity contribution in [3.8, 4) is 0 Å². The van der Waals surface area contributed by atoms with Crippen molar-refractivity contribution in [1.29, 1.82) is 0 Å². The van der Waals surface area contributed by atoms with Crippen LogP contribution in [0.5, 0.6) is 0 Å². The number of rotatable bonds is 7. The summed E-state index contributed by atoms with van der Waals surface area (Å²) in [5.74, 6) is 2.35. The molecule has 0 aliphatic heterocycles. The maximum absolute atomic E-state index is 11.7. The zero-order valence-corrected chi connectivity index (χ0v) is 12.4. The van der Waals surface area contributed by atoms with Gasteiger partial charge in [-0.25, -0.2) is 4.79 Å². The van der Waals surface area contributed by atoms with Crippen LogP contribution in [0.1, 0.15) is 43.2 Å². The second kappa shape index (κ2) is 7.46. The average Bonchev–Trinajstić information content (AvgIpc) is 2.66. The van der Waals surface area contributed by atoms with Gasteiger partial charge >= 0.3 is 5.97 Å². The summed E-state index contributed by atoms with van der Waals surface area (Å²) in [4.78, 5) is 11.7. The lowest BCUT2D eigenvalue weighted by atomic mass is 10.2. The Kier molecular flexibility index (Phi) is 6.25. The van der Waals surface area contributed by atoms with Gasteiger partial charge in [0, 0.05) is 12.8 Å². The van der Waals surface area contributed by atoms with Gasteiger partial charge in [-0.15, -0.1) is 0 Å². The number of esters is 1. The predicted molar refractivity (Wildman–Crippen MR) is 74.8 cm³/mol. The fourth-order valence-electron chi connectivity index (χ4n) is 1.50. The van der Waals surface area contributed by atoms with Gasteiger partial charge in [0.25, 0.3) is 0 Å². The maximum Gasteiger partial charge on any atom is 0.341 e. The molecule has 102 valence electrons. The van der Waals surface area contributed by atoms with Gasteiger partial charge in [-0.05, 0) is 25.0 Å². The lowest BCUT2D eigenvalue weighted by molar-refractivity contribution is 0.0525. The number of carbonyl (C=O) groups is 1. The molecule has 0 aliphatic carbocycles. The van der Waals surface area contributed by atoms with E-state index in [1.54, 1.807) is 10.9 Å². The predicted octanol–water partition coefficient (Wildman–Crippen LogP) is 2.88. The molecule has 1 rings (SSSR count). The average molecular weight is 270 g/mol. The number of nitrogens with zero attached hydrogens (tertiary/aromatic N) is 2. The molecule has 0 amide bonds. The summed E-state index contributed by atoms with van der Waals surface area (Å²) < 4.78 is 6.78. The van der Waals surface area contributed by atoms with Crippen molar-refractivity contribution >= 4 is 17.7 Å². The van der Waals surface area contributed by atoms with Crippen LogP contribution in [0.2, 0.25) is 0 Å². The molecule has 0 aromatic carbocycles. The fourth-order valence-corrected chi connectivity index (χ4v) is 2.82. The van der Waals surface area contributed by atoms with E-state index in [2.05, 4.69) is 18.9 Å². The minimum absolute atomic E-state index is 0.273. The van der Waals surface area contributed by atoms with E-state index >= 15 is 0 Å². The Labute approximate surface area is 113 Å². The van der Waals surface area contributed by atoms with Gasteiger partial charge in [0.2, 0.25) is 0 Å². The first kappa shape index (κ1) is 15.1. The topological polar surface area (TPSA) is 44.1 Å². The van der Waals surface area contributed by atoms with Crippen LogP contribution in [-0.4, -0.2) is 28.1 Å². The third kappa shape index (κ3) is 4.37. The van der Waals surface area contributed by atoms with Crippen LogP contribution < -0.4 is 0 Å². The monoisotopic (exact) mass is 270 g/mol. The summed E-state index contributed by atoms with van der Waals surface area (Å²) in [5.41, 5.74) is 1.54. The fraction of sp³-hybridized carbons (Fsp3) is 0.692. The molecule has 0 saturated carbocycles. The smallest absolute Gasteiger partial charge is 0.341 e. The van der Waals surface area contributed by atoms with Crippen LogP contribution in [-0.2, 0) is 17.5 Å². The number of thioether (sulfide) groups is 1. The highest BCUT2D eigenvalue weighted by molar-refractivity contribution is 7.98. The van der Waals surface area contributed by atoms with Gasteiger partial charge in [0.05, 0.1) is 18.5 Å². The Morgan fingerprint density at radius 2 is 2.28 bits per heavy atom. The summed E-state index contributed by atoms with van der Waals surface area (Å²) in [6, 6.07) is 0. The lowest BCUT2D eigenvalue weighted by Crippen LogP contribution is -2.08. The van der Waals surface area contributed by atoms with E-state index < -0.39 is 0 Å². The Morgan fingerprint density at radius 1 is 1.56 bits per heavy atom.